The minimum atomic E-state index is -5.05. The molecule has 13 heteroatoms. The van der Waals surface area contributed by atoms with Crippen LogP contribution in [-0.4, -0.2) is 47.0 Å². The van der Waals surface area contributed by atoms with Crippen molar-refractivity contribution < 1.29 is 35.9 Å². The van der Waals surface area contributed by atoms with Gasteiger partial charge in [-0.1, -0.05) is 0 Å². The Labute approximate surface area is 188 Å². The number of carbonyl (C=O) groups excluding carboxylic acids is 1. The third-order valence-corrected chi connectivity index (χ3v) is 5.01. The van der Waals surface area contributed by atoms with Gasteiger partial charge in [-0.25, -0.2) is 9.67 Å². The normalized spacial score (nSPS) is 14.8. The molecule has 4 rings (SSSR count). The second-order valence-electron chi connectivity index (χ2n) is 7.33. The molecule has 1 aromatic carbocycles. The lowest BCUT2D eigenvalue weighted by Gasteiger charge is -2.27. The number of alkyl halides is 6. The molecule has 7 nitrogen and oxygen atoms in total. The molecule has 0 spiro atoms. The summed E-state index contributed by atoms with van der Waals surface area (Å²) in [6.45, 7) is 2.53. The highest BCUT2D eigenvalue weighted by atomic mass is 19.4. The topological polar surface area (TPSA) is 72.3 Å². The maximum Gasteiger partial charge on any atom is 0.435 e. The summed E-state index contributed by atoms with van der Waals surface area (Å²) in [5.41, 5.74) is -3.00. The Bertz CT molecular complexity index is 1150. The lowest BCUT2D eigenvalue weighted by molar-refractivity contribution is -0.143. The molecule has 0 unspecified atom stereocenters. The lowest BCUT2D eigenvalue weighted by atomic mass is 10.2. The van der Waals surface area contributed by atoms with Gasteiger partial charge in [0.2, 0.25) is 0 Å². The van der Waals surface area contributed by atoms with E-state index in [2.05, 4.69) is 15.4 Å². The van der Waals surface area contributed by atoms with Crippen molar-refractivity contribution in [1.29, 1.82) is 0 Å². The van der Waals surface area contributed by atoms with Crippen LogP contribution in [0.25, 0.3) is 5.69 Å². The highest BCUT2D eigenvalue weighted by Crippen LogP contribution is 2.36. The number of anilines is 2. The predicted octanol–water partition coefficient (Wildman–Crippen LogP) is 4.39. The standard InChI is InChI=1S/C21H17F6N5O2/c22-20(23,24)16-11-17(21(25,26)27)32(30-16)15-4-2-14(3-5-15)29-19(33)13-1-6-18(28-12-13)31-7-9-34-10-8-31/h1-6,11-12H,7-10H2,(H,29,33). The third kappa shape index (κ3) is 5.14. The number of hydrogen-bond acceptors (Lipinski definition) is 5. The van der Waals surface area contributed by atoms with Gasteiger partial charge in [0.15, 0.2) is 5.69 Å². The van der Waals surface area contributed by atoms with Crippen LogP contribution in [0, 0.1) is 0 Å². The number of hydrogen-bond donors (Lipinski definition) is 1. The largest absolute Gasteiger partial charge is 0.435 e. The second-order valence-corrected chi connectivity index (χ2v) is 7.33. The van der Waals surface area contributed by atoms with E-state index < -0.39 is 29.6 Å². The summed E-state index contributed by atoms with van der Waals surface area (Å²) < 4.78 is 83.8. The van der Waals surface area contributed by atoms with Gasteiger partial charge in [0.05, 0.1) is 24.5 Å². The molecule has 3 heterocycles. The van der Waals surface area contributed by atoms with Crippen LogP contribution in [0.5, 0.6) is 0 Å². The average Bonchev–Trinajstić information content (AvgIpc) is 3.27. The van der Waals surface area contributed by atoms with E-state index in [9.17, 15) is 31.1 Å². The molecule has 180 valence electrons. The summed E-state index contributed by atoms with van der Waals surface area (Å²) in [4.78, 5) is 18.8. The SMILES string of the molecule is O=C(Nc1ccc(-n2nc(C(F)(F)F)cc2C(F)(F)F)cc1)c1ccc(N2CCOCC2)nc1. The fraction of sp³-hybridized carbons (Fsp3) is 0.286. The summed E-state index contributed by atoms with van der Waals surface area (Å²) in [7, 11) is 0. The molecule has 1 amide bonds. The summed E-state index contributed by atoms with van der Waals surface area (Å²) in [5.74, 6) is 0.185. The number of aromatic nitrogens is 3. The van der Waals surface area contributed by atoms with E-state index in [1.807, 2.05) is 4.90 Å². The quantitative estimate of drug-likeness (QED) is 0.555. The van der Waals surface area contributed by atoms with E-state index in [-0.39, 0.29) is 27.7 Å². The summed E-state index contributed by atoms with van der Waals surface area (Å²) in [6.07, 6.45) is -8.69. The number of nitrogens with one attached hydrogen (secondary N) is 1. The monoisotopic (exact) mass is 485 g/mol. The van der Waals surface area contributed by atoms with Crippen LogP contribution in [0.4, 0.5) is 37.8 Å². The number of nitrogens with zero attached hydrogens (tertiary/aromatic N) is 4. The van der Waals surface area contributed by atoms with Gasteiger partial charge in [0.1, 0.15) is 11.5 Å². The van der Waals surface area contributed by atoms with Crippen molar-refractivity contribution in [1.82, 2.24) is 14.8 Å². The molecule has 3 aromatic rings. The number of amides is 1. The number of pyridine rings is 1. The Morgan fingerprint density at radius 3 is 2.18 bits per heavy atom. The molecular formula is C21H17F6N5O2. The van der Waals surface area contributed by atoms with E-state index in [0.717, 1.165) is 12.1 Å². The molecule has 34 heavy (non-hydrogen) atoms. The van der Waals surface area contributed by atoms with E-state index in [0.29, 0.717) is 32.1 Å². The Morgan fingerprint density at radius 2 is 1.62 bits per heavy atom. The lowest BCUT2D eigenvalue weighted by Crippen LogP contribution is -2.36. The number of halogens is 6. The van der Waals surface area contributed by atoms with Gasteiger partial charge in [-0.2, -0.15) is 31.4 Å². The molecular weight excluding hydrogens is 468 g/mol. The van der Waals surface area contributed by atoms with Crippen LogP contribution >= 0.6 is 0 Å². The van der Waals surface area contributed by atoms with E-state index in [1.165, 1.54) is 18.3 Å². The van der Waals surface area contributed by atoms with Crippen molar-refractivity contribution in [3.05, 3.63) is 65.6 Å². The molecule has 2 aromatic heterocycles. The second kappa shape index (κ2) is 8.97. The Kier molecular flexibility index (Phi) is 6.21. The third-order valence-electron chi connectivity index (χ3n) is 5.01. The fourth-order valence-electron chi connectivity index (χ4n) is 3.31. The van der Waals surface area contributed by atoms with Gasteiger partial charge >= 0.3 is 12.4 Å². The van der Waals surface area contributed by atoms with Gasteiger partial charge in [-0.05, 0) is 36.4 Å². The van der Waals surface area contributed by atoms with Crippen LogP contribution in [0.2, 0.25) is 0 Å². The predicted molar refractivity (Wildman–Crippen MR) is 109 cm³/mol. The Hall–Kier alpha value is -3.61. The van der Waals surface area contributed by atoms with E-state index in [4.69, 9.17) is 4.74 Å². The summed E-state index contributed by atoms with van der Waals surface area (Å²) >= 11 is 0. The molecule has 0 atom stereocenters. The number of rotatable bonds is 4. The zero-order chi connectivity index (χ0) is 24.5. The molecule has 1 aliphatic heterocycles. The van der Waals surface area contributed by atoms with Crippen LogP contribution in [0.3, 0.4) is 0 Å². The molecule has 0 radical (unpaired) electrons. The van der Waals surface area contributed by atoms with Crippen LogP contribution in [0.15, 0.2) is 48.7 Å². The highest BCUT2D eigenvalue weighted by Gasteiger charge is 2.42. The average molecular weight is 485 g/mol. The van der Waals surface area contributed by atoms with Crippen LogP contribution in [0.1, 0.15) is 21.7 Å². The van der Waals surface area contributed by atoms with E-state index >= 15 is 0 Å². The fourth-order valence-corrected chi connectivity index (χ4v) is 3.31. The summed E-state index contributed by atoms with van der Waals surface area (Å²) in [5, 5.41) is 5.63. The van der Waals surface area contributed by atoms with Crippen molar-refractivity contribution in [2.45, 2.75) is 12.4 Å². The molecule has 1 saturated heterocycles. The number of ether oxygens (including phenoxy) is 1. The first-order valence-corrected chi connectivity index (χ1v) is 9.97. The molecule has 1 fully saturated rings. The van der Waals surface area contributed by atoms with Gasteiger partial charge in [0.25, 0.3) is 5.91 Å². The van der Waals surface area contributed by atoms with Crippen LogP contribution < -0.4 is 10.2 Å². The van der Waals surface area contributed by atoms with Gasteiger partial charge in [0, 0.05) is 31.0 Å². The molecule has 0 aliphatic carbocycles. The zero-order valence-electron chi connectivity index (χ0n) is 17.3. The maximum atomic E-state index is 13.2. The van der Waals surface area contributed by atoms with Gasteiger partial charge in [-0.15, -0.1) is 0 Å². The summed E-state index contributed by atoms with van der Waals surface area (Å²) in [6, 6.07) is 7.99. The molecule has 0 saturated carbocycles. The first-order chi connectivity index (χ1) is 16.0. The van der Waals surface area contributed by atoms with Gasteiger partial charge < -0.3 is 15.0 Å². The van der Waals surface area contributed by atoms with E-state index in [1.54, 1.807) is 12.1 Å². The zero-order valence-corrected chi connectivity index (χ0v) is 17.3. The maximum absolute atomic E-state index is 13.2. The molecule has 1 aliphatic rings. The first-order valence-electron chi connectivity index (χ1n) is 9.97. The number of morpholine rings is 1. The minimum absolute atomic E-state index is 0.0523. The minimum Gasteiger partial charge on any atom is -0.378 e. The number of carbonyl (C=O) groups is 1. The van der Waals surface area contributed by atoms with Crippen molar-refractivity contribution in [2.24, 2.45) is 0 Å². The van der Waals surface area contributed by atoms with Crippen molar-refractivity contribution in [3.8, 4) is 5.69 Å². The number of benzene rings is 1. The molecule has 0 bridgehead atoms. The van der Waals surface area contributed by atoms with Crippen molar-refractivity contribution in [2.75, 3.05) is 36.5 Å². The van der Waals surface area contributed by atoms with Crippen molar-refractivity contribution in [3.63, 3.8) is 0 Å². The molecule has 1 N–H and O–H groups in total. The van der Waals surface area contributed by atoms with Crippen LogP contribution in [-0.2, 0) is 17.1 Å². The smallest absolute Gasteiger partial charge is 0.378 e. The van der Waals surface area contributed by atoms with Gasteiger partial charge in [-0.3, -0.25) is 4.79 Å². The first kappa shape index (κ1) is 23.5. The Morgan fingerprint density at radius 1 is 0.941 bits per heavy atom. The Balaban J connectivity index is 1.49. The highest BCUT2D eigenvalue weighted by molar-refractivity contribution is 6.04. The van der Waals surface area contributed by atoms with Crippen molar-refractivity contribution >= 4 is 17.4 Å².